The van der Waals surface area contributed by atoms with Gasteiger partial charge in [0, 0.05) is 0 Å². The third kappa shape index (κ3) is 29.2. The smallest absolute Gasteiger partial charge is 0.310 e. The van der Waals surface area contributed by atoms with Crippen LogP contribution in [0.5, 0.6) is 0 Å². The molecule has 0 aliphatic rings. The Hall–Kier alpha value is -1.58. The van der Waals surface area contributed by atoms with Crippen LogP contribution in [0.4, 0.5) is 0 Å². The molecule has 0 fully saturated rings. The maximum atomic E-state index is 11.6. The molecule has 0 radical (unpaired) electrons. The molecule has 228 valence electrons. The predicted octanol–water partition coefficient (Wildman–Crippen LogP) is 11.1. The Labute approximate surface area is 242 Å². The number of carbonyl (C=O) groups is 2. The van der Waals surface area contributed by atoms with Gasteiger partial charge in [0.05, 0.1) is 12.3 Å². The van der Waals surface area contributed by atoms with Gasteiger partial charge in [0.1, 0.15) is 6.61 Å². The van der Waals surface area contributed by atoms with Crippen LogP contribution in [0.3, 0.4) is 0 Å². The van der Waals surface area contributed by atoms with Crippen molar-refractivity contribution in [2.75, 3.05) is 6.61 Å². The number of ether oxygens (including phenoxy) is 1. The molecule has 1 atom stereocenters. The van der Waals surface area contributed by atoms with Crippen molar-refractivity contribution >= 4 is 11.9 Å². The van der Waals surface area contributed by atoms with E-state index in [1.165, 1.54) is 154 Å². The number of allylic oxidation sites excluding steroid dienone is 1. The summed E-state index contributed by atoms with van der Waals surface area (Å²) in [5, 5.41) is 9.26. The molecule has 0 aliphatic carbocycles. The molecule has 0 aromatic heterocycles. The summed E-state index contributed by atoms with van der Waals surface area (Å²) < 4.78 is 4.88. The topological polar surface area (TPSA) is 63.6 Å². The van der Waals surface area contributed by atoms with Crippen molar-refractivity contribution in [3.8, 4) is 0 Å². The van der Waals surface area contributed by atoms with E-state index in [0.717, 1.165) is 12.8 Å². The molecule has 1 N–H and O–H groups in total. The summed E-state index contributed by atoms with van der Waals surface area (Å²) >= 11 is 0. The average molecular weight is 549 g/mol. The van der Waals surface area contributed by atoms with E-state index in [1.54, 1.807) is 6.08 Å². The highest BCUT2D eigenvalue weighted by Crippen LogP contribution is 2.16. The minimum absolute atomic E-state index is 0.119. The van der Waals surface area contributed by atoms with E-state index in [4.69, 9.17) is 4.74 Å². The molecule has 1 unspecified atom stereocenters. The molecular formula is C35H64O4. The van der Waals surface area contributed by atoms with Crippen LogP contribution in [-0.2, 0) is 14.3 Å². The molecule has 0 rings (SSSR count). The monoisotopic (exact) mass is 548 g/mol. The Morgan fingerprint density at radius 3 is 1.33 bits per heavy atom. The Kier molecular flexibility index (Phi) is 29.7. The van der Waals surface area contributed by atoms with Crippen LogP contribution >= 0.6 is 0 Å². The zero-order valence-corrected chi connectivity index (χ0v) is 25.8. The lowest BCUT2D eigenvalue weighted by Crippen LogP contribution is -2.17. The fourth-order valence-corrected chi connectivity index (χ4v) is 5.11. The van der Waals surface area contributed by atoms with Crippen LogP contribution < -0.4 is 0 Å². The van der Waals surface area contributed by atoms with Gasteiger partial charge < -0.3 is 9.84 Å². The number of carbonyl (C=O) groups excluding carboxylic acids is 1. The summed E-state index contributed by atoms with van der Waals surface area (Å²) in [5.74, 6) is -2.29. The summed E-state index contributed by atoms with van der Waals surface area (Å²) in [6.07, 6.45) is 39.0. The van der Waals surface area contributed by atoms with Gasteiger partial charge in [0.15, 0.2) is 0 Å². The van der Waals surface area contributed by atoms with Crippen molar-refractivity contribution < 1.29 is 19.4 Å². The van der Waals surface area contributed by atoms with Gasteiger partial charge in [-0.25, -0.2) is 0 Å². The standard InChI is InChI=1S/C35H64O4/c1-3-5-6-7-8-9-10-11-12-13-14-15-16-17-18-19-20-21-22-23-24-25-26-27-28-29-30-33(35(37)38)32-34(36)39-31-4-2/h4,29-30,33H,2-3,5-28,31-32H2,1H3,(H,37,38)/b30-29+. The molecule has 0 heterocycles. The van der Waals surface area contributed by atoms with Crippen LogP contribution in [0, 0.1) is 5.92 Å². The molecule has 4 heteroatoms. The fourth-order valence-electron chi connectivity index (χ4n) is 5.11. The van der Waals surface area contributed by atoms with Gasteiger partial charge in [-0.3, -0.25) is 9.59 Å². The second-order valence-electron chi connectivity index (χ2n) is 11.5. The Morgan fingerprint density at radius 2 is 1.00 bits per heavy atom. The number of hydrogen-bond acceptors (Lipinski definition) is 3. The Bertz CT molecular complexity index is 583. The first-order valence-corrected chi connectivity index (χ1v) is 16.8. The van der Waals surface area contributed by atoms with E-state index in [9.17, 15) is 14.7 Å². The number of carboxylic acids is 1. The van der Waals surface area contributed by atoms with Crippen LogP contribution in [-0.4, -0.2) is 23.7 Å². The fraction of sp³-hybridized carbons (Fsp3) is 0.829. The lowest BCUT2D eigenvalue weighted by molar-refractivity contribution is -0.149. The second kappa shape index (κ2) is 31.0. The second-order valence-corrected chi connectivity index (χ2v) is 11.5. The van der Waals surface area contributed by atoms with Crippen LogP contribution in [0.25, 0.3) is 0 Å². The third-order valence-corrected chi connectivity index (χ3v) is 7.66. The van der Waals surface area contributed by atoms with Crippen molar-refractivity contribution in [1.29, 1.82) is 0 Å². The largest absolute Gasteiger partial charge is 0.481 e. The van der Waals surface area contributed by atoms with E-state index < -0.39 is 17.9 Å². The number of esters is 1. The minimum Gasteiger partial charge on any atom is -0.481 e. The van der Waals surface area contributed by atoms with E-state index in [1.807, 2.05) is 6.08 Å². The molecule has 0 saturated carbocycles. The lowest BCUT2D eigenvalue weighted by atomic mass is 10.0. The summed E-state index contributed by atoms with van der Waals surface area (Å²) in [5.41, 5.74) is 0. The highest BCUT2D eigenvalue weighted by molar-refractivity contribution is 5.80. The molecule has 0 spiro atoms. The van der Waals surface area contributed by atoms with Crippen LogP contribution in [0.1, 0.15) is 174 Å². The zero-order valence-electron chi connectivity index (χ0n) is 25.8. The molecule has 0 aromatic rings. The summed E-state index contributed by atoms with van der Waals surface area (Å²) in [7, 11) is 0. The summed E-state index contributed by atoms with van der Waals surface area (Å²) in [4.78, 5) is 22.9. The molecule has 4 nitrogen and oxygen atoms in total. The Morgan fingerprint density at radius 1 is 0.641 bits per heavy atom. The number of rotatable bonds is 31. The quantitative estimate of drug-likeness (QED) is 0.0531. The number of unbranched alkanes of at least 4 members (excludes halogenated alkanes) is 24. The van der Waals surface area contributed by atoms with Crippen LogP contribution in [0.15, 0.2) is 24.8 Å². The van der Waals surface area contributed by atoms with E-state index in [0.29, 0.717) is 0 Å². The van der Waals surface area contributed by atoms with Gasteiger partial charge in [-0.15, -0.1) is 0 Å². The van der Waals surface area contributed by atoms with Gasteiger partial charge in [0.25, 0.3) is 0 Å². The van der Waals surface area contributed by atoms with Gasteiger partial charge in [-0.2, -0.15) is 0 Å². The predicted molar refractivity (Wildman–Crippen MR) is 167 cm³/mol. The number of aliphatic carboxylic acids is 1. The SMILES string of the molecule is C=CCOC(=O)CC(/C=C/CCCCCCCCCCCCCCCCCCCCCCCCCC)C(=O)O. The molecule has 0 saturated heterocycles. The first kappa shape index (κ1) is 37.4. The molecule has 0 bridgehead atoms. The number of carboxylic acid groups (broad SMARTS) is 1. The van der Waals surface area contributed by atoms with Gasteiger partial charge in [-0.05, 0) is 12.8 Å². The first-order valence-electron chi connectivity index (χ1n) is 16.8. The third-order valence-electron chi connectivity index (χ3n) is 7.66. The lowest BCUT2D eigenvalue weighted by Gasteiger charge is -2.07. The molecular weight excluding hydrogens is 484 g/mol. The van der Waals surface area contributed by atoms with Gasteiger partial charge >= 0.3 is 11.9 Å². The van der Waals surface area contributed by atoms with Crippen molar-refractivity contribution in [1.82, 2.24) is 0 Å². The number of hydrogen-bond donors (Lipinski definition) is 1. The minimum atomic E-state index is -0.985. The summed E-state index contributed by atoms with van der Waals surface area (Å²) in [6, 6.07) is 0. The first-order chi connectivity index (χ1) is 19.1. The normalized spacial score (nSPS) is 12.1. The Balaban J connectivity index is 3.33. The molecule has 0 amide bonds. The highest BCUT2D eigenvalue weighted by Gasteiger charge is 2.18. The van der Waals surface area contributed by atoms with Crippen molar-refractivity contribution in [2.24, 2.45) is 5.92 Å². The maximum Gasteiger partial charge on any atom is 0.310 e. The highest BCUT2D eigenvalue weighted by atomic mass is 16.5. The van der Waals surface area contributed by atoms with Gasteiger partial charge in [-0.1, -0.05) is 179 Å². The van der Waals surface area contributed by atoms with Crippen molar-refractivity contribution in [2.45, 2.75) is 174 Å². The van der Waals surface area contributed by atoms with E-state index >= 15 is 0 Å². The van der Waals surface area contributed by atoms with E-state index in [-0.39, 0.29) is 13.0 Å². The van der Waals surface area contributed by atoms with E-state index in [2.05, 4.69) is 13.5 Å². The molecule has 0 aromatic carbocycles. The van der Waals surface area contributed by atoms with Crippen LogP contribution in [0.2, 0.25) is 0 Å². The van der Waals surface area contributed by atoms with Crippen molar-refractivity contribution in [3.63, 3.8) is 0 Å². The molecule has 39 heavy (non-hydrogen) atoms. The van der Waals surface area contributed by atoms with Crippen molar-refractivity contribution in [3.05, 3.63) is 24.8 Å². The van der Waals surface area contributed by atoms with Gasteiger partial charge in [0.2, 0.25) is 0 Å². The maximum absolute atomic E-state index is 11.6. The molecule has 0 aliphatic heterocycles. The average Bonchev–Trinajstić information content (AvgIpc) is 2.93. The zero-order chi connectivity index (χ0) is 28.7. The summed E-state index contributed by atoms with van der Waals surface area (Å²) in [6.45, 7) is 5.89.